The third-order valence-corrected chi connectivity index (χ3v) is 5.01. The van der Waals surface area contributed by atoms with E-state index in [1.165, 1.54) is 19.3 Å². The molecule has 0 aliphatic carbocycles. The average molecular weight is 330 g/mol. The SMILES string of the molecule is CCCCCCC(O)CCCCC(CCC)S(=O)(=O)[O-].[Na+]. The summed E-state index contributed by atoms with van der Waals surface area (Å²) in [6, 6.07) is 0. The van der Waals surface area contributed by atoms with E-state index in [4.69, 9.17) is 0 Å². The van der Waals surface area contributed by atoms with E-state index in [9.17, 15) is 18.1 Å². The third-order valence-electron chi connectivity index (χ3n) is 3.72. The van der Waals surface area contributed by atoms with Gasteiger partial charge in [-0.3, -0.25) is 0 Å². The Morgan fingerprint density at radius 2 is 1.38 bits per heavy atom. The quantitative estimate of drug-likeness (QED) is 0.305. The largest absolute Gasteiger partial charge is 1.00 e. The van der Waals surface area contributed by atoms with Crippen LogP contribution in [0.1, 0.15) is 84.5 Å². The van der Waals surface area contributed by atoms with Gasteiger partial charge in [-0.2, -0.15) is 0 Å². The molecule has 0 aromatic rings. The van der Waals surface area contributed by atoms with Crippen molar-refractivity contribution in [1.82, 2.24) is 0 Å². The van der Waals surface area contributed by atoms with Crippen molar-refractivity contribution in [2.45, 2.75) is 95.8 Å². The Labute approximate surface area is 153 Å². The molecule has 0 rings (SSSR count). The zero-order valence-corrected chi connectivity index (χ0v) is 16.8. The van der Waals surface area contributed by atoms with Gasteiger partial charge < -0.3 is 9.66 Å². The minimum Gasteiger partial charge on any atom is -0.748 e. The fourth-order valence-corrected chi connectivity index (χ4v) is 3.44. The molecule has 0 aliphatic rings. The van der Waals surface area contributed by atoms with Crippen molar-refractivity contribution in [3.05, 3.63) is 0 Å². The Morgan fingerprint density at radius 1 is 0.857 bits per heavy atom. The van der Waals surface area contributed by atoms with Crippen molar-refractivity contribution in [2.24, 2.45) is 0 Å². The normalized spacial score (nSPS) is 14.5. The summed E-state index contributed by atoms with van der Waals surface area (Å²) < 4.78 is 33.1. The Bertz CT molecular complexity index is 320. The van der Waals surface area contributed by atoms with Crippen molar-refractivity contribution >= 4 is 10.1 Å². The van der Waals surface area contributed by atoms with Gasteiger partial charge in [0.25, 0.3) is 0 Å². The first-order valence-electron chi connectivity index (χ1n) is 8.04. The van der Waals surface area contributed by atoms with Gasteiger partial charge >= 0.3 is 29.6 Å². The number of aliphatic hydroxyl groups excluding tert-OH is 1. The van der Waals surface area contributed by atoms with Crippen molar-refractivity contribution in [1.29, 1.82) is 0 Å². The van der Waals surface area contributed by atoms with Gasteiger partial charge in [0.05, 0.1) is 16.2 Å². The Balaban J connectivity index is 0. The Hall–Kier alpha value is 0.870. The van der Waals surface area contributed by atoms with Crippen molar-refractivity contribution in [3.63, 3.8) is 0 Å². The molecular weight excluding hydrogens is 299 g/mol. The number of unbranched alkanes of at least 4 members (excludes halogenated alkanes) is 4. The zero-order valence-electron chi connectivity index (χ0n) is 14.0. The average Bonchev–Trinajstić information content (AvgIpc) is 2.37. The maximum absolute atomic E-state index is 11.0. The van der Waals surface area contributed by atoms with Gasteiger partial charge in [0.1, 0.15) is 0 Å². The second-order valence-corrected chi connectivity index (χ2v) is 7.34. The number of aliphatic hydroxyl groups is 1. The maximum Gasteiger partial charge on any atom is 1.00 e. The molecule has 4 nitrogen and oxygen atoms in total. The van der Waals surface area contributed by atoms with Gasteiger partial charge in [0.15, 0.2) is 0 Å². The molecule has 0 aliphatic heterocycles. The molecule has 2 unspecified atom stereocenters. The van der Waals surface area contributed by atoms with E-state index in [0.717, 1.165) is 19.3 Å². The first-order chi connectivity index (χ1) is 9.41. The summed E-state index contributed by atoms with van der Waals surface area (Å²) in [4.78, 5) is 0. The molecule has 2 atom stereocenters. The number of hydrogen-bond donors (Lipinski definition) is 1. The van der Waals surface area contributed by atoms with E-state index >= 15 is 0 Å². The predicted octanol–water partition coefficient (Wildman–Crippen LogP) is 0.596. The smallest absolute Gasteiger partial charge is 0.748 e. The van der Waals surface area contributed by atoms with Crippen LogP contribution >= 0.6 is 0 Å². The van der Waals surface area contributed by atoms with Gasteiger partial charge in [0.2, 0.25) is 0 Å². The van der Waals surface area contributed by atoms with Crippen LogP contribution < -0.4 is 29.6 Å². The second-order valence-electron chi connectivity index (χ2n) is 5.69. The summed E-state index contributed by atoms with van der Waals surface area (Å²) in [6.07, 6.45) is 9.00. The van der Waals surface area contributed by atoms with E-state index in [0.29, 0.717) is 32.1 Å². The molecule has 0 saturated heterocycles. The van der Waals surface area contributed by atoms with Crippen LogP contribution in [0, 0.1) is 0 Å². The summed E-state index contributed by atoms with van der Waals surface area (Å²) in [5.41, 5.74) is 0. The van der Waals surface area contributed by atoms with Crippen molar-refractivity contribution in [2.75, 3.05) is 0 Å². The van der Waals surface area contributed by atoms with Crippen LogP contribution in [0.3, 0.4) is 0 Å². The fourth-order valence-electron chi connectivity index (χ4n) is 2.46. The topological polar surface area (TPSA) is 77.4 Å². The molecule has 0 bridgehead atoms. The molecule has 0 amide bonds. The molecule has 0 saturated carbocycles. The molecule has 0 radical (unpaired) electrons. The molecular formula is C15H31NaO4S. The van der Waals surface area contributed by atoms with E-state index in [1.54, 1.807) is 0 Å². The molecule has 0 heterocycles. The minimum atomic E-state index is -4.16. The number of rotatable bonds is 13. The van der Waals surface area contributed by atoms with Crippen molar-refractivity contribution in [3.8, 4) is 0 Å². The Kier molecular flexibility index (Phi) is 16.6. The minimum absolute atomic E-state index is 0. The maximum atomic E-state index is 11.0. The number of hydrogen-bond acceptors (Lipinski definition) is 4. The van der Waals surface area contributed by atoms with Crippen LogP contribution in [-0.4, -0.2) is 29.4 Å². The van der Waals surface area contributed by atoms with Gasteiger partial charge in [-0.15, -0.1) is 0 Å². The molecule has 0 spiro atoms. The van der Waals surface area contributed by atoms with Crippen LogP contribution in [0.4, 0.5) is 0 Å². The monoisotopic (exact) mass is 330 g/mol. The zero-order chi connectivity index (χ0) is 15.4. The summed E-state index contributed by atoms with van der Waals surface area (Å²) >= 11 is 0. The summed E-state index contributed by atoms with van der Waals surface area (Å²) in [6.45, 7) is 4.05. The van der Waals surface area contributed by atoms with E-state index < -0.39 is 15.4 Å². The standard InChI is InChI=1S/C15H32O4S.Na/c1-3-5-6-7-11-14(16)12-8-9-13-15(10-4-2)20(17,18)19;/h14-16H,3-13H2,1-2H3,(H,17,18,19);/q;+1/p-1. The molecule has 1 N–H and O–H groups in total. The van der Waals surface area contributed by atoms with E-state index in [-0.39, 0.29) is 35.7 Å². The molecule has 6 heteroatoms. The van der Waals surface area contributed by atoms with Gasteiger partial charge in [0, 0.05) is 5.25 Å². The van der Waals surface area contributed by atoms with Gasteiger partial charge in [-0.05, 0) is 25.7 Å². The van der Waals surface area contributed by atoms with E-state index in [2.05, 4.69) is 6.92 Å². The van der Waals surface area contributed by atoms with Crippen LogP contribution in [0.5, 0.6) is 0 Å². The van der Waals surface area contributed by atoms with Crippen LogP contribution in [-0.2, 0) is 10.1 Å². The van der Waals surface area contributed by atoms with Crippen molar-refractivity contribution < 1.29 is 47.6 Å². The van der Waals surface area contributed by atoms with Gasteiger partial charge in [-0.25, -0.2) is 8.42 Å². The summed E-state index contributed by atoms with van der Waals surface area (Å²) in [7, 11) is -4.16. The molecule has 21 heavy (non-hydrogen) atoms. The first kappa shape index (κ1) is 24.1. The third kappa shape index (κ3) is 14.2. The summed E-state index contributed by atoms with van der Waals surface area (Å²) in [5.74, 6) is 0. The van der Waals surface area contributed by atoms with Crippen LogP contribution in [0.2, 0.25) is 0 Å². The van der Waals surface area contributed by atoms with Crippen LogP contribution in [0.25, 0.3) is 0 Å². The molecule has 0 fully saturated rings. The molecule has 0 aromatic carbocycles. The van der Waals surface area contributed by atoms with Crippen LogP contribution in [0.15, 0.2) is 0 Å². The fraction of sp³-hybridized carbons (Fsp3) is 1.00. The second kappa shape index (κ2) is 14.5. The van der Waals surface area contributed by atoms with Gasteiger partial charge in [-0.1, -0.05) is 58.8 Å². The predicted molar refractivity (Wildman–Crippen MR) is 81.6 cm³/mol. The first-order valence-corrected chi connectivity index (χ1v) is 9.51. The van der Waals surface area contributed by atoms with E-state index in [1.807, 2.05) is 6.92 Å². The molecule has 0 aromatic heterocycles. The molecule has 122 valence electrons. The summed E-state index contributed by atoms with van der Waals surface area (Å²) in [5, 5.41) is 9.06. The Morgan fingerprint density at radius 3 is 1.86 bits per heavy atom.